The molecule has 0 spiro atoms. The van der Waals surface area contributed by atoms with E-state index in [2.05, 4.69) is 15.9 Å². The van der Waals surface area contributed by atoms with E-state index < -0.39 is 6.10 Å². The highest BCUT2D eigenvalue weighted by atomic mass is 79.9. The van der Waals surface area contributed by atoms with Crippen molar-refractivity contribution < 1.29 is 5.11 Å². The van der Waals surface area contributed by atoms with E-state index in [0.29, 0.717) is 5.69 Å². The Morgan fingerprint density at radius 3 is 2.44 bits per heavy atom. The van der Waals surface area contributed by atoms with Gasteiger partial charge in [0.15, 0.2) is 0 Å². The molecule has 0 radical (unpaired) electrons. The number of halogens is 1. The number of nitrogen functional groups attached to an aromatic ring is 1. The Hall–Kier alpha value is -1.32. The Morgan fingerprint density at radius 2 is 1.75 bits per heavy atom. The summed E-state index contributed by atoms with van der Waals surface area (Å²) in [4.78, 5) is 0. The normalized spacial score (nSPS) is 12.4. The minimum absolute atomic E-state index is 0.597. The molecule has 0 bridgehead atoms. The second-order valence-corrected chi connectivity index (χ2v) is 4.50. The van der Waals surface area contributed by atoms with Gasteiger partial charge < -0.3 is 10.8 Å². The second kappa shape index (κ2) is 4.68. The van der Waals surface area contributed by atoms with Crippen molar-refractivity contribution in [1.82, 2.24) is 0 Å². The molecule has 2 aromatic rings. The number of benzene rings is 2. The molecule has 0 aliphatic carbocycles. The van der Waals surface area contributed by atoms with E-state index in [1.54, 1.807) is 6.07 Å². The first-order valence-corrected chi connectivity index (χ1v) is 5.75. The molecule has 0 amide bonds. The van der Waals surface area contributed by atoms with E-state index in [1.165, 1.54) is 0 Å². The molecule has 2 nitrogen and oxygen atoms in total. The van der Waals surface area contributed by atoms with Crippen LogP contribution in [-0.4, -0.2) is 5.11 Å². The van der Waals surface area contributed by atoms with Gasteiger partial charge in [-0.25, -0.2) is 0 Å². The summed E-state index contributed by atoms with van der Waals surface area (Å²) in [5, 5.41) is 10.2. The Labute approximate surface area is 103 Å². The van der Waals surface area contributed by atoms with Gasteiger partial charge >= 0.3 is 0 Å². The molecule has 0 saturated carbocycles. The van der Waals surface area contributed by atoms with E-state index in [1.807, 2.05) is 42.5 Å². The predicted molar refractivity (Wildman–Crippen MR) is 69.1 cm³/mol. The zero-order valence-electron chi connectivity index (χ0n) is 8.60. The minimum Gasteiger partial charge on any atom is -0.398 e. The molecule has 2 rings (SSSR count). The van der Waals surface area contributed by atoms with Crippen molar-refractivity contribution in [3.8, 4) is 0 Å². The van der Waals surface area contributed by atoms with Crippen LogP contribution in [0.5, 0.6) is 0 Å². The molecule has 2 aromatic carbocycles. The van der Waals surface area contributed by atoms with Crippen LogP contribution < -0.4 is 5.73 Å². The number of anilines is 1. The van der Waals surface area contributed by atoms with Crippen LogP contribution in [0.4, 0.5) is 5.69 Å². The van der Waals surface area contributed by atoms with Gasteiger partial charge in [-0.15, -0.1) is 0 Å². The van der Waals surface area contributed by atoms with E-state index in [9.17, 15) is 5.11 Å². The SMILES string of the molecule is Nc1ccc(Br)cc1C(O)c1ccccc1. The molecule has 1 unspecified atom stereocenters. The van der Waals surface area contributed by atoms with E-state index in [0.717, 1.165) is 15.6 Å². The first kappa shape index (κ1) is 11.2. The zero-order chi connectivity index (χ0) is 11.5. The van der Waals surface area contributed by atoms with Crippen molar-refractivity contribution in [3.63, 3.8) is 0 Å². The van der Waals surface area contributed by atoms with Gasteiger partial charge in [-0.3, -0.25) is 0 Å². The lowest BCUT2D eigenvalue weighted by molar-refractivity contribution is 0.221. The first-order chi connectivity index (χ1) is 7.68. The summed E-state index contributed by atoms with van der Waals surface area (Å²) in [6.45, 7) is 0. The third-order valence-electron chi connectivity index (χ3n) is 2.46. The Balaban J connectivity index is 2.41. The molecule has 0 aliphatic heterocycles. The number of hydrogen-bond acceptors (Lipinski definition) is 2. The van der Waals surface area contributed by atoms with Crippen molar-refractivity contribution in [3.05, 3.63) is 64.1 Å². The summed E-state index contributed by atoms with van der Waals surface area (Å²) in [5.74, 6) is 0. The van der Waals surface area contributed by atoms with Crippen molar-refractivity contribution in [1.29, 1.82) is 0 Å². The molecule has 82 valence electrons. The van der Waals surface area contributed by atoms with Crippen LogP contribution in [0.3, 0.4) is 0 Å². The minimum atomic E-state index is -0.682. The van der Waals surface area contributed by atoms with Crippen LogP contribution in [-0.2, 0) is 0 Å². The maximum Gasteiger partial charge on any atom is 0.106 e. The van der Waals surface area contributed by atoms with E-state index >= 15 is 0 Å². The van der Waals surface area contributed by atoms with Crippen molar-refractivity contribution >= 4 is 21.6 Å². The molecule has 3 heteroatoms. The summed E-state index contributed by atoms with van der Waals surface area (Å²) >= 11 is 3.37. The maximum absolute atomic E-state index is 10.2. The van der Waals surface area contributed by atoms with Crippen LogP contribution in [0.25, 0.3) is 0 Å². The fourth-order valence-corrected chi connectivity index (χ4v) is 1.98. The van der Waals surface area contributed by atoms with Gasteiger partial charge in [-0.05, 0) is 23.8 Å². The van der Waals surface area contributed by atoms with Gasteiger partial charge in [-0.1, -0.05) is 46.3 Å². The number of hydrogen-bond donors (Lipinski definition) is 2. The predicted octanol–water partition coefficient (Wildman–Crippen LogP) is 3.11. The van der Waals surface area contributed by atoms with Crippen molar-refractivity contribution in [2.45, 2.75) is 6.10 Å². The number of aliphatic hydroxyl groups is 1. The van der Waals surface area contributed by atoms with Gasteiger partial charge in [-0.2, -0.15) is 0 Å². The highest BCUT2D eigenvalue weighted by Crippen LogP contribution is 2.28. The van der Waals surface area contributed by atoms with Crippen LogP contribution in [0.2, 0.25) is 0 Å². The fourth-order valence-electron chi connectivity index (χ4n) is 1.60. The largest absolute Gasteiger partial charge is 0.398 e. The zero-order valence-corrected chi connectivity index (χ0v) is 10.2. The van der Waals surface area contributed by atoms with Crippen LogP contribution in [0.15, 0.2) is 53.0 Å². The smallest absolute Gasteiger partial charge is 0.106 e. The number of aliphatic hydroxyl groups excluding tert-OH is 1. The third kappa shape index (κ3) is 2.26. The fraction of sp³-hybridized carbons (Fsp3) is 0.0769. The molecule has 0 saturated heterocycles. The molecule has 3 N–H and O–H groups in total. The standard InChI is InChI=1S/C13H12BrNO/c14-10-6-7-12(15)11(8-10)13(16)9-4-2-1-3-5-9/h1-8,13,16H,15H2. The van der Waals surface area contributed by atoms with Gasteiger partial charge in [0.1, 0.15) is 6.10 Å². The molecule has 0 fully saturated rings. The van der Waals surface area contributed by atoms with Gasteiger partial charge in [0.05, 0.1) is 0 Å². The molecule has 1 atom stereocenters. The summed E-state index contributed by atoms with van der Waals surface area (Å²) in [5.41, 5.74) is 8.01. The summed E-state index contributed by atoms with van der Waals surface area (Å²) in [6, 6.07) is 14.9. The van der Waals surface area contributed by atoms with Crippen LogP contribution in [0.1, 0.15) is 17.2 Å². The van der Waals surface area contributed by atoms with Crippen molar-refractivity contribution in [2.75, 3.05) is 5.73 Å². The Bertz CT molecular complexity index is 485. The van der Waals surface area contributed by atoms with Gasteiger partial charge in [0.25, 0.3) is 0 Å². The summed E-state index contributed by atoms with van der Waals surface area (Å²) in [6.07, 6.45) is -0.682. The monoisotopic (exact) mass is 277 g/mol. The quantitative estimate of drug-likeness (QED) is 0.829. The average Bonchev–Trinajstić information content (AvgIpc) is 2.32. The Morgan fingerprint density at radius 1 is 1.06 bits per heavy atom. The van der Waals surface area contributed by atoms with Crippen molar-refractivity contribution in [2.24, 2.45) is 0 Å². The lowest BCUT2D eigenvalue weighted by Crippen LogP contribution is -2.03. The molecular weight excluding hydrogens is 266 g/mol. The summed E-state index contributed by atoms with van der Waals surface area (Å²) < 4.78 is 0.909. The molecule has 0 aromatic heterocycles. The Kier molecular flexibility index (Phi) is 3.27. The molecule has 0 aliphatic rings. The highest BCUT2D eigenvalue weighted by molar-refractivity contribution is 9.10. The van der Waals surface area contributed by atoms with Crippen LogP contribution in [0, 0.1) is 0 Å². The summed E-state index contributed by atoms with van der Waals surface area (Å²) in [7, 11) is 0. The first-order valence-electron chi connectivity index (χ1n) is 4.96. The second-order valence-electron chi connectivity index (χ2n) is 3.59. The lowest BCUT2D eigenvalue weighted by Gasteiger charge is -2.14. The molecule has 16 heavy (non-hydrogen) atoms. The molecular formula is C13H12BrNO. The number of rotatable bonds is 2. The average molecular weight is 278 g/mol. The topological polar surface area (TPSA) is 46.2 Å². The van der Waals surface area contributed by atoms with Gasteiger partial charge in [0.2, 0.25) is 0 Å². The maximum atomic E-state index is 10.2. The lowest BCUT2D eigenvalue weighted by atomic mass is 10.0. The third-order valence-corrected chi connectivity index (χ3v) is 2.95. The molecule has 0 heterocycles. The van der Waals surface area contributed by atoms with E-state index in [4.69, 9.17) is 5.73 Å². The van der Waals surface area contributed by atoms with Gasteiger partial charge in [0, 0.05) is 15.7 Å². The number of nitrogens with two attached hydrogens (primary N) is 1. The van der Waals surface area contributed by atoms with E-state index in [-0.39, 0.29) is 0 Å². The highest BCUT2D eigenvalue weighted by Gasteiger charge is 2.13. The van der Waals surface area contributed by atoms with Crippen LogP contribution >= 0.6 is 15.9 Å².